The summed E-state index contributed by atoms with van der Waals surface area (Å²) in [5.41, 5.74) is -0.0403. The van der Waals surface area contributed by atoms with Gasteiger partial charge in [-0.05, 0) is 36.4 Å². The summed E-state index contributed by atoms with van der Waals surface area (Å²) in [4.78, 5) is 15.9. The third-order valence-corrected chi connectivity index (χ3v) is 3.43. The summed E-state index contributed by atoms with van der Waals surface area (Å²) in [6, 6.07) is 10.2. The van der Waals surface area contributed by atoms with Gasteiger partial charge in [-0.2, -0.15) is 0 Å². The molecule has 0 spiro atoms. The molecule has 3 rings (SSSR count). The molecule has 0 aliphatic carbocycles. The van der Waals surface area contributed by atoms with E-state index in [4.69, 9.17) is 0 Å². The smallest absolute Gasteiger partial charge is 0.274 e. The highest BCUT2D eigenvalue weighted by molar-refractivity contribution is 6.03. The average Bonchev–Trinajstić information content (AvgIpc) is 2.64. The number of rotatable bonds is 4. The number of nitrogens with zero attached hydrogens (tertiary/aromatic N) is 1. The summed E-state index contributed by atoms with van der Waals surface area (Å²) in [6.45, 7) is 0. The molecule has 0 aliphatic rings. The molecule has 0 unspecified atom stereocenters. The lowest BCUT2D eigenvalue weighted by atomic mass is 10.2. The fourth-order valence-electron chi connectivity index (χ4n) is 2.13. The fourth-order valence-corrected chi connectivity index (χ4v) is 2.13. The van der Waals surface area contributed by atoms with Crippen LogP contribution in [0.3, 0.4) is 0 Å². The highest BCUT2D eigenvalue weighted by atomic mass is 19.2. The molecule has 8 heteroatoms. The van der Waals surface area contributed by atoms with E-state index in [0.29, 0.717) is 0 Å². The number of nitrogens with one attached hydrogen (secondary N) is 2. The molecular formula is C18H11F4N3O. The zero-order valence-corrected chi connectivity index (χ0v) is 13.1. The molecule has 1 aromatic heterocycles. The van der Waals surface area contributed by atoms with Gasteiger partial charge < -0.3 is 10.6 Å². The van der Waals surface area contributed by atoms with Crippen LogP contribution in [-0.2, 0) is 0 Å². The van der Waals surface area contributed by atoms with E-state index in [2.05, 4.69) is 15.6 Å². The van der Waals surface area contributed by atoms with Gasteiger partial charge in [0.05, 0.1) is 23.3 Å². The normalized spacial score (nSPS) is 10.5. The predicted octanol–water partition coefficient (Wildman–Crippen LogP) is 4.63. The molecular weight excluding hydrogens is 350 g/mol. The monoisotopic (exact) mass is 361 g/mol. The van der Waals surface area contributed by atoms with E-state index in [1.807, 2.05) is 0 Å². The standard InChI is InChI=1S/C18H11F4N3O/c19-11-3-1-2-4-13(11)25-18(26)15-7-5-10(9-23-15)24-14-8-6-12(20)16(21)17(14)22/h1-9,24H,(H,25,26). The maximum atomic E-state index is 13.6. The summed E-state index contributed by atoms with van der Waals surface area (Å²) in [7, 11) is 0. The van der Waals surface area contributed by atoms with Gasteiger partial charge in [-0.1, -0.05) is 12.1 Å². The molecule has 0 fully saturated rings. The Balaban J connectivity index is 1.73. The van der Waals surface area contributed by atoms with Crippen molar-refractivity contribution in [2.75, 3.05) is 10.6 Å². The number of aromatic nitrogens is 1. The van der Waals surface area contributed by atoms with Gasteiger partial charge in [0.15, 0.2) is 17.5 Å². The number of pyridine rings is 1. The minimum Gasteiger partial charge on any atom is -0.352 e. The van der Waals surface area contributed by atoms with E-state index in [1.165, 1.54) is 36.5 Å². The molecule has 1 amide bonds. The molecule has 4 nitrogen and oxygen atoms in total. The van der Waals surface area contributed by atoms with E-state index in [-0.39, 0.29) is 22.8 Å². The van der Waals surface area contributed by atoms with Crippen molar-refractivity contribution in [1.82, 2.24) is 4.98 Å². The highest BCUT2D eigenvalue weighted by Gasteiger charge is 2.14. The Labute approximate surface area is 145 Å². The van der Waals surface area contributed by atoms with E-state index in [9.17, 15) is 22.4 Å². The van der Waals surface area contributed by atoms with Crippen molar-refractivity contribution in [2.45, 2.75) is 0 Å². The van der Waals surface area contributed by atoms with E-state index < -0.39 is 29.2 Å². The van der Waals surface area contributed by atoms with Crippen LogP contribution in [0.25, 0.3) is 0 Å². The second-order valence-corrected chi connectivity index (χ2v) is 5.21. The maximum absolute atomic E-state index is 13.6. The van der Waals surface area contributed by atoms with Crippen LogP contribution >= 0.6 is 0 Å². The number of amides is 1. The summed E-state index contributed by atoms with van der Waals surface area (Å²) in [5.74, 6) is -5.49. The Morgan fingerprint density at radius 1 is 0.808 bits per heavy atom. The Morgan fingerprint density at radius 2 is 1.58 bits per heavy atom. The van der Waals surface area contributed by atoms with Gasteiger partial charge in [0.2, 0.25) is 0 Å². The van der Waals surface area contributed by atoms with Crippen LogP contribution in [0.15, 0.2) is 54.7 Å². The first-order valence-corrected chi connectivity index (χ1v) is 7.38. The lowest BCUT2D eigenvalue weighted by molar-refractivity contribution is 0.102. The first kappa shape index (κ1) is 17.4. The Hall–Kier alpha value is -3.42. The third-order valence-electron chi connectivity index (χ3n) is 3.43. The van der Waals surface area contributed by atoms with Gasteiger partial charge in [0.25, 0.3) is 5.91 Å². The number of hydrogen-bond acceptors (Lipinski definition) is 3. The molecule has 132 valence electrons. The maximum Gasteiger partial charge on any atom is 0.274 e. The quantitative estimate of drug-likeness (QED) is 0.526. The predicted molar refractivity (Wildman–Crippen MR) is 88.2 cm³/mol. The highest BCUT2D eigenvalue weighted by Crippen LogP contribution is 2.23. The first-order valence-electron chi connectivity index (χ1n) is 7.38. The van der Waals surface area contributed by atoms with Crippen LogP contribution in [-0.4, -0.2) is 10.9 Å². The number of anilines is 3. The van der Waals surface area contributed by atoms with Gasteiger partial charge in [-0.15, -0.1) is 0 Å². The van der Waals surface area contributed by atoms with Crippen LogP contribution in [0.4, 0.5) is 34.6 Å². The van der Waals surface area contributed by atoms with Gasteiger partial charge in [-0.25, -0.2) is 22.5 Å². The van der Waals surface area contributed by atoms with E-state index >= 15 is 0 Å². The van der Waals surface area contributed by atoms with Crippen LogP contribution in [0.2, 0.25) is 0 Å². The molecule has 0 saturated heterocycles. The topological polar surface area (TPSA) is 54.0 Å². The van der Waals surface area contributed by atoms with Crippen molar-refractivity contribution < 1.29 is 22.4 Å². The largest absolute Gasteiger partial charge is 0.352 e. The number of carbonyl (C=O) groups excluding carboxylic acids is 1. The minimum absolute atomic E-state index is 0.00496. The van der Waals surface area contributed by atoms with Crippen molar-refractivity contribution in [2.24, 2.45) is 0 Å². The fraction of sp³-hybridized carbons (Fsp3) is 0. The minimum atomic E-state index is -1.59. The second-order valence-electron chi connectivity index (χ2n) is 5.21. The summed E-state index contributed by atoms with van der Waals surface area (Å²) < 4.78 is 53.3. The molecule has 0 bridgehead atoms. The Bertz CT molecular complexity index is 961. The van der Waals surface area contributed by atoms with Crippen molar-refractivity contribution in [3.63, 3.8) is 0 Å². The lowest BCUT2D eigenvalue weighted by Gasteiger charge is -2.09. The van der Waals surface area contributed by atoms with Crippen molar-refractivity contribution in [1.29, 1.82) is 0 Å². The SMILES string of the molecule is O=C(Nc1ccccc1F)c1ccc(Nc2ccc(F)c(F)c2F)cn1. The average molecular weight is 361 g/mol. The van der Waals surface area contributed by atoms with Crippen molar-refractivity contribution in [3.8, 4) is 0 Å². The van der Waals surface area contributed by atoms with Crippen LogP contribution in [0, 0.1) is 23.3 Å². The van der Waals surface area contributed by atoms with Crippen molar-refractivity contribution >= 4 is 23.0 Å². The van der Waals surface area contributed by atoms with Gasteiger partial charge in [0, 0.05) is 0 Å². The summed E-state index contributed by atoms with van der Waals surface area (Å²) in [6.07, 6.45) is 1.21. The Kier molecular flexibility index (Phi) is 4.83. The molecule has 1 heterocycles. The number of carbonyl (C=O) groups is 1. The summed E-state index contributed by atoms with van der Waals surface area (Å²) in [5, 5.41) is 4.90. The Morgan fingerprint density at radius 3 is 2.27 bits per heavy atom. The molecule has 3 aromatic rings. The van der Waals surface area contributed by atoms with Crippen LogP contribution in [0.5, 0.6) is 0 Å². The van der Waals surface area contributed by atoms with E-state index in [0.717, 1.165) is 12.1 Å². The first-order chi connectivity index (χ1) is 12.5. The number of benzene rings is 2. The van der Waals surface area contributed by atoms with Gasteiger partial charge in [0.1, 0.15) is 11.5 Å². The van der Waals surface area contributed by atoms with Crippen molar-refractivity contribution in [3.05, 3.63) is 83.7 Å². The summed E-state index contributed by atoms with van der Waals surface area (Å²) >= 11 is 0. The molecule has 0 radical (unpaired) electrons. The van der Waals surface area contributed by atoms with Gasteiger partial charge >= 0.3 is 0 Å². The molecule has 0 saturated carbocycles. The molecule has 2 N–H and O–H groups in total. The van der Waals surface area contributed by atoms with Gasteiger partial charge in [-0.3, -0.25) is 4.79 Å². The number of halogens is 4. The van der Waals surface area contributed by atoms with E-state index in [1.54, 1.807) is 6.07 Å². The molecule has 0 atom stereocenters. The van der Waals surface area contributed by atoms with Crippen LogP contribution < -0.4 is 10.6 Å². The molecule has 2 aromatic carbocycles. The molecule has 0 aliphatic heterocycles. The molecule has 26 heavy (non-hydrogen) atoms. The second kappa shape index (κ2) is 7.22. The lowest BCUT2D eigenvalue weighted by Crippen LogP contribution is -2.14. The third kappa shape index (κ3) is 3.64. The number of para-hydroxylation sites is 1. The zero-order chi connectivity index (χ0) is 18.7. The number of hydrogen-bond donors (Lipinski definition) is 2. The van der Waals surface area contributed by atoms with Crippen LogP contribution in [0.1, 0.15) is 10.5 Å². The zero-order valence-electron chi connectivity index (χ0n) is 13.1.